The first-order valence-corrected chi connectivity index (χ1v) is 5.59. The van der Waals surface area contributed by atoms with Gasteiger partial charge >= 0.3 is 0 Å². The first-order valence-electron chi connectivity index (χ1n) is 4.79. The Morgan fingerprint density at radius 2 is 2.11 bits per heavy atom. The molecule has 0 radical (unpaired) electrons. The number of pyridine rings is 1. The van der Waals surface area contributed by atoms with Gasteiger partial charge in [0.25, 0.3) is 5.69 Å². The van der Waals surface area contributed by atoms with E-state index < -0.39 is 10.7 Å². The Morgan fingerprint density at radius 1 is 1.33 bits per heavy atom. The summed E-state index contributed by atoms with van der Waals surface area (Å²) in [4.78, 5) is 13.6. The quantitative estimate of drug-likeness (QED) is 0.640. The lowest BCUT2D eigenvalue weighted by Crippen LogP contribution is -1.92. The van der Waals surface area contributed by atoms with Gasteiger partial charge in [-0.1, -0.05) is 0 Å². The van der Waals surface area contributed by atoms with Crippen LogP contribution in [-0.4, -0.2) is 9.91 Å². The molecule has 0 saturated carbocycles. The van der Waals surface area contributed by atoms with Crippen LogP contribution in [0.1, 0.15) is 0 Å². The molecule has 2 aromatic rings. The number of aromatic nitrogens is 1. The summed E-state index contributed by atoms with van der Waals surface area (Å²) in [5.74, 6) is -0.0571. The highest BCUT2D eigenvalue weighted by Gasteiger charge is 2.08. The summed E-state index contributed by atoms with van der Waals surface area (Å²) in [5.41, 5.74) is -0.138. The molecular weight excluding hydrogens is 307 g/mol. The third-order valence-corrected chi connectivity index (χ3v) is 2.69. The van der Waals surface area contributed by atoms with Crippen LogP contribution in [0.25, 0.3) is 0 Å². The van der Waals surface area contributed by atoms with Crippen molar-refractivity contribution < 1.29 is 14.1 Å². The molecule has 92 valence electrons. The van der Waals surface area contributed by atoms with Gasteiger partial charge in [-0.05, 0) is 28.1 Å². The van der Waals surface area contributed by atoms with Crippen LogP contribution >= 0.6 is 15.9 Å². The zero-order chi connectivity index (χ0) is 13.1. The van der Waals surface area contributed by atoms with Crippen molar-refractivity contribution in [3.05, 3.63) is 56.9 Å². The highest BCUT2D eigenvalue weighted by atomic mass is 79.9. The molecule has 0 N–H and O–H groups in total. The highest BCUT2D eigenvalue weighted by Crippen LogP contribution is 2.29. The minimum absolute atomic E-state index is 0.138. The zero-order valence-corrected chi connectivity index (χ0v) is 10.4. The van der Waals surface area contributed by atoms with E-state index in [2.05, 4.69) is 20.9 Å². The molecule has 0 fully saturated rings. The summed E-state index contributed by atoms with van der Waals surface area (Å²) in [7, 11) is 0. The third kappa shape index (κ3) is 2.80. The van der Waals surface area contributed by atoms with Crippen molar-refractivity contribution in [2.75, 3.05) is 0 Å². The van der Waals surface area contributed by atoms with Gasteiger partial charge in [0.05, 0.1) is 9.40 Å². The van der Waals surface area contributed by atoms with E-state index in [-0.39, 0.29) is 17.3 Å². The second-order valence-electron chi connectivity index (χ2n) is 3.29. The summed E-state index contributed by atoms with van der Waals surface area (Å²) in [6, 6.07) is 6.56. The van der Waals surface area contributed by atoms with Gasteiger partial charge in [0, 0.05) is 18.2 Å². The summed E-state index contributed by atoms with van der Waals surface area (Å²) in [5, 5.41) is 10.4. The highest BCUT2D eigenvalue weighted by molar-refractivity contribution is 9.10. The average Bonchev–Trinajstić information content (AvgIpc) is 2.34. The molecule has 1 aromatic heterocycles. The molecule has 18 heavy (non-hydrogen) atoms. The lowest BCUT2D eigenvalue weighted by Gasteiger charge is -2.06. The number of benzene rings is 1. The number of ether oxygens (including phenoxy) is 1. The summed E-state index contributed by atoms with van der Waals surface area (Å²) in [6.07, 6.45) is 1.07. The second-order valence-corrected chi connectivity index (χ2v) is 4.14. The molecule has 0 aliphatic carbocycles. The molecule has 7 heteroatoms. The van der Waals surface area contributed by atoms with Gasteiger partial charge in [0.2, 0.25) is 5.88 Å². The molecule has 0 aliphatic rings. The summed E-state index contributed by atoms with van der Waals surface area (Å²) < 4.78 is 18.9. The van der Waals surface area contributed by atoms with Gasteiger partial charge < -0.3 is 4.74 Å². The number of nitrogens with zero attached hydrogens (tertiary/aromatic N) is 2. The van der Waals surface area contributed by atoms with Gasteiger partial charge in [-0.25, -0.2) is 9.37 Å². The van der Waals surface area contributed by atoms with Crippen LogP contribution in [-0.2, 0) is 0 Å². The Bertz CT molecular complexity index is 589. The van der Waals surface area contributed by atoms with E-state index in [9.17, 15) is 14.5 Å². The number of halogens is 2. The van der Waals surface area contributed by atoms with Crippen molar-refractivity contribution in [2.24, 2.45) is 0 Å². The first-order chi connectivity index (χ1) is 8.56. The fourth-order valence-corrected chi connectivity index (χ4v) is 1.54. The van der Waals surface area contributed by atoms with E-state index in [4.69, 9.17) is 4.74 Å². The maximum absolute atomic E-state index is 13.0. The van der Waals surface area contributed by atoms with Crippen molar-refractivity contribution >= 4 is 21.6 Å². The normalized spacial score (nSPS) is 10.1. The summed E-state index contributed by atoms with van der Waals surface area (Å²) >= 11 is 3.20. The SMILES string of the molecule is O=[N+]([O-])c1ccc(Oc2cc(F)ccc2Br)nc1. The zero-order valence-electron chi connectivity index (χ0n) is 8.84. The molecular formula is C11H6BrFN2O3. The minimum Gasteiger partial charge on any atom is -0.438 e. The second kappa shape index (κ2) is 5.09. The Morgan fingerprint density at radius 3 is 2.72 bits per heavy atom. The van der Waals surface area contributed by atoms with Crippen molar-refractivity contribution in [1.82, 2.24) is 4.98 Å². The summed E-state index contributed by atoms with van der Waals surface area (Å²) in [6.45, 7) is 0. The number of nitro groups is 1. The van der Waals surface area contributed by atoms with E-state index in [1.54, 1.807) is 0 Å². The Labute approximate surface area is 110 Å². The van der Waals surface area contributed by atoms with Crippen molar-refractivity contribution in [1.29, 1.82) is 0 Å². The largest absolute Gasteiger partial charge is 0.438 e. The van der Waals surface area contributed by atoms with Crippen molar-refractivity contribution in [3.8, 4) is 11.6 Å². The predicted octanol–water partition coefficient (Wildman–Crippen LogP) is 3.68. The molecule has 1 aromatic carbocycles. The van der Waals surface area contributed by atoms with Gasteiger partial charge in [-0.15, -0.1) is 0 Å². The topological polar surface area (TPSA) is 65.3 Å². The lowest BCUT2D eigenvalue weighted by atomic mass is 10.3. The Hall–Kier alpha value is -2.02. The Balaban J connectivity index is 2.23. The third-order valence-electron chi connectivity index (χ3n) is 2.04. The monoisotopic (exact) mass is 312 g/mol. The molecule has 1 heterocycles. The van der Waals surface area contributed by atoms with Crippen LogP contribution in [0.3, 0.4) is 0 Å². The fourth-order valence-electron chi connectivity index (χ4n) is 1.21. The standard InChI is InChI=1S/C11H6BrFN2O3/c12-9-3-1-7(13)5-10(9)18-11-4-2-8(6-14-11)15(16)17/h1-6H. The van der Waals surface area contributed by atoms with Crippen LogP contribution in [0.2, 0.25) is 0 Å². The van der Waals surface area contributed by atoms with Gasteiger partial charge in [0.1, 0.15) is 17.8 Å². The van der Waals surface area contributed by atoms with Crippen LogP contribution in [0, 0.1) is 15.9 Å². The smallest absolute Gasteiger partial charge is 0.287 e. The molecule has 0 bridgehead atoms. The van der Waals surface area contributed by atoms with Crippen LogP contribution < -0.4 is 4.74 Å². The molecule has 0 aliphatic heterocycles. The van der Waals surface area contributed by atoms with Gasteiger partial charge in [-0.3, -0.25) is 10.1 Å². The van der Waals surface area contributed by atoms with E-state index in [0.29, 0.717) is 4.47 Å². The molecule has 0 atom stereocenters. The molecule has 2 rings (SSSR count). The number of hydrogen-bond acceptors (Lipinski definition) is 4. The fraction of sp³-hybridized carbons (Fsp3) is 0. The van der Waals surface area contributed by atoms with Crippen molar-refractivity contribution in [2.45, 2.75) is 0 Å². The first kappa shape index (κ1) is 12.4. The van der Waals surface area contributed by atoms with Gasteiger partial charge in [-0.2, -0.15) is 0 Å². The number of rotatable bonds is 3. The van der Waals surface area contributed by atoms with E-state index in [1.807, 2.05) is 0 Å². The minimum atomic E-state index is -0.561. The van der Waals surface area contributed by atoms with Crippen LogP contribution in [0.4, 0.5) is 10.1 Å². The van der Waals surface area contributed by atoms with Crippen LogP contribution in [0.5, 0.6) is 11.6 Å². The van der Waals surface area contributed by atoms with Crippen molar-refractivity contribution in [3.63, 3.8) is 0 Å². The molecule has 0 amide bonds. The molecule has 5 nitrogen and oxygen atoms in total. The lowest BCUT2D eigenvalue weighted by molar-refractivity contribution is -0.385. The predicted molar refractivity (Wildman–Crippen MR) is 65.1 cm³/mol. The van der Waals surface area contributed by atoms with Gasteiger partial charge in [0.15, 0.2) is 0 Å². The molecule has 0 unspecified atom stereocenters. The number of hydrogen-bond donors (Lipinski definition) is 0. The van der Waals surface area contributed by atoms with E-state index in [1.165, 1.54) is 30.3 Å². The van der Waals surface area contributed by atoms with Crippen LogP contribution in [0.15, 0.2) is 41.0 Å². The van der Waals surface area contributed by atoms with E-state index in [0.717, 1.165) is 6.20 Å². The van der Waals surface area contributed by atoms with E-state index >= 15 is 0 Å². The maximum atomic E-state index is 13.0. The Kier molecular flexibility index (Phi) is 3.52. The molecule has 0 saturated heterocycles. The maximum Gasteiger partial charge on any atom is 0.287 e. The molecule has 0 spiro atoms. The average molecular weight is 313 g/mol.